The molecule has 1 aromatic carbocycles. The topological polar surface area (TPSA) is 91.9 Å². The number of benzene rings is 1. The Morgan fingerprint density at radius 2 is 1.97 bits per heavy atom. The second-order valence-corrected chi connectivity index (χ2v) is 8.90. The Bertz CT molecular complexity index is 822. The predicted molar refractivity (Wildman–Crippen MR) is 111 cm³/mol. The maximum atomic E-state index is 13.3. The van der Waals surface area contributed by atoms with E-state index in [1.165, 1.54) is 0 Å². The van der Waals surface area contributed by atoms with Crippen molar-refractivity contribution in [3.05, 3.63) is 35.4 Å². The number of hydrogen-bond donors (Lipinski definition) is 3. The number of halogens is 2. The van der Waals surface area contributed by atoms with Crippen LogP contribution in [0.25, 0.3) is 0 Å². The van der Waals surface area contributed by atoms with Crippen LogP contribution in [0.15, 0.2) is 18.2 Å². The van der Waals surface area contributed by atoms with Gasteiger partial charge in [-0.05, 0) is 56.2 Å². The van der Waals surface area contributed by atoms with Crippen molar-refractivity contribution in [2.75, 3.05) is 19.8 Å². The summed E-state index contributed by atoms with van der Waals surface area (Å²) in [5.74, 6) is -1.39. The summed E-state index contributed by atoms with van der Waals surface area (Å²) in [4.78, 5) is 26.5. The molecule has 8 nitrogen and oxygen atoms in total. The Labute approximate surface area is 186 Å². The fourth-order valence-electron chi connectivity index (χ4n) is 4.78. The van der Waals surface area contributed by atoms with Gasteiger partial charge in [0.15, 0.2) is 0 Å². The minimum absolute atomic E-state index is 0.0161. The molecule has 0 bridgehead atoms. The van der Waals surface area contributed by atoms with Gasteiger partial charge in [0, 0.05) is 18.7 Å². The van der Waals surface area contributed by atoms with Crippen molar-refractivity contribution >= 4 is 12.0 Å². The Hall–Kier alpha value is -2.30. The molecule has 0 radical (unpaired) electrons. The summed E-state index contributed by atoms with van der Waals surface area (Å²) in [6.45, 7) is 3.56. The molecule has 3 fully saturated rings. The van der Waals surface area contributed by atoms with Gasteiger partial charge in [-0.1, -0.05) is 0 Å². The van der Waals surface area contributed by atoms with Gasteiger partial charge in [-0.2, -0.15) is 0 Å². The van der Waals surface area contributed by atoms with Crippen molar-refractivity contribution in [2.45, 2.75) is 63.4 Å². The van der Waals surface area contributed by atoms with Gasteiger partial charge in [-0.25, -0.2) is 19.0 Å². The molecule has 2 saturated heterocycles. The van der Waals surface area contributed by atoms with E-state index in [9.17, 15) is 18.4 Å². The molecular formula is C22H30F2N4O4. The van der Waals surface area contributed by atoms with E-state index in [-0.39, 0.29) is 48.3 Å². The molecule has 176 valence electrons. The molecule has 2 aliphatic heterocycles. The van der Waals surface area contributed by atoms with E-state index in [4.69, 9.17) is 9.47 Å². The van der Waals surface area contributed by atoms with Crippen LogP contribution in [0.3, 0.4) is 0 Å². The molecule has 4 rings (SSSR count). The third-order valence-electron chi connectivity index (χ3n) is 6.42. The minimum atomic E-state index is -0.701. The number of carbonyl (C=O) groups is 2. The van der Waals surface area contributed by atoms with E-state index in [1.54, 1.807) is 4.90 Å². The highest BCUT2D eigenvalue weighted by atomic mass is 19.1. The Kier molecular flexibility index (Phi) is 7.22. The zero-order valence-corrected chi connectivity index (χ0v) is 18.1. The van der Waals surface area contributed by atoms with Gasteiger partial charge in [-0.3, -0.25) is 10.2 Å². The molecule has 2 heterocycles. The maximum absolute atomic E-state index is 13.3. The zero-order valence-electron chi connectivity index (χ0n) is 18.1. The highest BCUT2D eigenvalue weighted by Gasteiger charge is 2.38. The van der Waals surface area contributed by atoms with E-state index < -0.39 is 11.6 Å². The first-order chi connectivity index (χ1) is 15.4. The number of rotatable bonds is 5. The number of ether oxygens (including phenoxy) is 2. The van der Waals surface area contributed by atoms with Crippen molar-refractivity contribution in [1.29, 1.82) is 0 Å². The summed E-state index contributed by atoms with van der Waals surface area (Å²) in [7, 11) is 0. The molecule has 32 heavy (non-hydrogen) atoms. The van der Waals surface area contributed by atoms with Crippen molar-refractivity contribution in [2.24, 2.45) is 5.92 Å². The quantitative estimate of drug-likeness (QED) is 0.632. The number of nitrogens with zero attached hydrogens (tertiary/aromatic N) is 1. The summed E-state index contributed by atoms with van der Waals surface area (Å²) in [6, 6.07) is 3.25. The number of nitrogens with one attached hydrogen (secondary N) is 3. The van der Waals surface area contributed by atoms with E-state index in [0.29, 0.717) is 32.1 Å². The summed E-state index contributed by atoms with van der Waals surface area (Å²) < 4.78 is 37.7. The fourth-order valence-corrected chi connectivity index (χ4v) is 4.78. The largest absolute Gasteiger partial charge is 0.446 e. The third kappa shape index (κ3) is 5.73. The van der Waals surface area contributed by atoms with Crippen LogP contribution < -0.4 is 16.2 Å². The molecule has 3 aliphatic rings. The van der Waals surface area contributed by atoms with Gasteiger partial charge in [0.05, 0.1) is 31.8 Å². The summed E-state index contributed by atoms with van der Waals surface area (Å²) in [5, 5.41) is 2.85. The van der Waals surface area contributed by atoms with Crippen LogP contribution in [0, 0.1) is 17.6 Å². The van der Waals surface area contributed by atoms with E-state index in [1.807, 2.05) is 6.92 Å². The van der Waals surface area contributed by atoms with Gasteiger partial charge < -0.3 is 19.7 Å². The van der Waals surface area contributed by atoms with Crippen LogP contribution in [0.1, 0.15) is 38.2 Å². The van der Waals surface area contributed by atoms with Gasteiger partial charge in [0.2, 0.25) is 5.91 Å². The normalized spacial score (nSPS) is 30.3. The molecule has 2 amide bonds. The molecule has 5 atom stereocenters. The van der Waals surface area contributed by atoms with Crippen molar-refractivity contribution in [3.8, 4) is 0 Å². The lowest BCUT2D eigenvalue weighted by Crippen LogP contribution is -2.48. The Balaban J connectivity index is 1.21. The molecule has 10 heteroatoms. The zero-order chi connectivity index (χ0) is 22.7. The molecule has 1 saturated carbocycles. The third-order valence-corrected chi connectivity index (χ3v) is 6.42. The van der Waals surface area contributed by atoms with Gasteiger partial charge in [0.1, 0.15) is 17.7 Å². The molecule has 0 spiro atoms. The SMILES string of the molecule is C[C@@H]1COCCN1C(=O)O[C@@H]1CC[C@H](C2CC(NC(=O)Cc3cc(F)cc(F)c3)NN2)C1. The average molecular weight is 453 g/mol. The van der Waals surface area contributed by atoms with E-state index in [2.05, 4.69) is 16.2 Å². The predicted octanol–water partition coefficient (Wildman–Crippen LogP) is 1.84. The first kappa shape index (κ1) is 22.9. The van der Waals surface area contributed by atoms with Crippen LogP contribution in [0.4, 0.5) is 13.6 Å². The first-order valence-electron chi connectivity index (χ1n) is 11.2. The lowest BCUT2D eigenvalue weighted by Gasteiger charge is -2.33. The summed E-state index contributed by atoms with van der Waals surface area (Å²) >= 11 is 0. The van der Waals surface area contributed by atoms with Crippen molar-refractivity contribution < 1.29 is 27.8 Å². The minimum Gasteiger partial charge on any atom is -0.446 e. The Morgan fingerprint density at radius 1 is 1.19 bits per heavy atom. The van der Waals surface area contributed by atoms with Gasteiger partial charge in [-0.15, -0.1) is 0 Å². The highest BCUT2D eigenvalue weighted by molar-refractivity contribution is 5.78. The monoisotopic (exact) mass is 452 g/mol. The van der Waals surface area contributed by atoms with Crippen LogP contribution in [0.2, 0.25) is 0 Å². The van der Waals surface area contributed by atoms with Gasteiger partial charge >= 0.3 is 6.09 Å². The molecule has 2 unspecified atom stereocenters. The summed E-state index contributed by atoms with van der Waals surface area (Å²) in [6.07, 6.45) is 2.43. The van der Waals surface area contributed by atoms with Crippen molar-refractivity contribution in [1.82, 2.24) is 21.1 Å². The first-order valence-corrected chi connectivity index (χ1v) is 11.2. The smallest absolute Gasteiger partial charge is 0.410 e. The lowest BCUT2D eigenvalue weighted by molar-refractivity contribution is -0.121. The molecule has 3 N–H and O–H groups in total. The van der Waals surface area contributed by atoms with Gasteiger partial charge in [0.25, 0.3) is 0 Å². The van der Waals surface area contributed by atoms with Crippen LogP contribution >= 0.6 is 0 Å². The van der Waals surface area contributed by atoms with E-state index in [0.717, 1.165) is 37.5 Å². The average Bonchev–Trinajstić information content (AvgIpc) is 3.37. The maximum Gasteiger partial charge on any atom is 0.410 e. The second kappa shape index (κ2) is 10.1. The second-order valence-electron chi connectivity index (χ2n) is 8.90. The number of carbonyl (C=O) groups excluding carboxylic acids is 2. The van der Waals surface area contributed by atoms with Crippen LogP contribution in [-0.4, -0.2) is 61.0 Å². The fraction of sp³-hybridized carbons (Fsp3) is 0.636. The molecular weight excluding hydrogens is 422 g/mol. The van der Waals surface area contributed by atoms with E-state index >= 15 is 0 Å². The summed E-state index contributed by atoms with van der Waals surface area (Å²) in [5.41, 5.74) is 6.59. The molecule has 1 aromatic rings. The molecule has 0 aromatic heterocycles. The lowest BCUT2D eigenvalue weighted by atomic mass is 9.96. The van der Waals surface area contributed by atoms with Crippen LogP contribution in [0.5, 0.6) is 0 Å². The Morgan fingerprint density at radius 3 is 2.72 bits per heavy atom. The number of hydrogen-bond acceptors (Lipinski definition) is 6. The van der Waals surface area contributed by atoms with Crippen molar-refractivity contribution in [3.63, 3.8) is 0 Å². The number of hydrazine groups is 1. The number of morpholine rings is 1. The number of amides is 2. The van der Waals surface area contributed by atoms with Crippen LogP contribution in [-0.2, 0) is 20.7 Å². The standard InChI is InChI=1S/C22H30F2N4O4/c1-13-12-31-5-4-28(13)22(30)32-18-3-2-15(9-18)19-11-20(27-26-19)25-21(29)8-14-6-16(23)10-17(24)7-14/h6-7,10,13,15,18-20,26-27H,2-5,8-9,11-12H2,1H3,(H,25,29)/t13-,15+,18-,19?,20?/m1/s1. The molecule has 1 aliphatic carbocycles. The highest BCUT2D eigenvalue weighted by Crippen LogP contribution is 2.33.